The Hall–Kier alpha value is -7.46. The zero-order valence-corrected chi connectivity index (χ0v) is 55.5. The number of benzene rings is 1. The quantitative estimate of drug-likeness (QED) is 0.0279. The molecule has 1 aromatic carbocycles. The number of nitrogens with two attached hydrogens (primary N) is 6. The summed E-state index contributed by atoms with van der Waals surface area (Å²) < 4.78 is 0. The Kier molecular flexibility index (Phi) is 39.6. The van der Waals surface area contributed by atoms with E-state index in [0.29, 0.717) is 31.4 Å². The van der Waals surface area contributed by atoms with Crippen LogP contribution < -0.4 is 98.2 Å². The minimum atomic E-state index is -2.72. The maximum atomic E-state index is 14.6. The predicted molar refractivity (Wildman–Crippen MR) is 351 cm³/mol. The van der Waals surface area contributed by atoms with Crippen LogP contribution in [0.5, 0.6) is 0 Å². The molecule has 1 aromatic rings. The molecule has 0 spiro atoms. The highest BCUT2D eigenvalue weighted by Crippen LogP contribution is 2.14. The largest absolute Gasteiger partial charge is 0.391 e. The Morgan fingerprint density at radius 1 is 0.543 bits per heavy atom. The van der Waals surface area contributed by atoms with Gasteiger partial charge in [-0.15, -0.1) is 0 Å². The van der Waals surface area contributed by atoms with Crippen molar-refractivity contribution < 1.29 is 67.7 Å². The van der Waals surface area contributed by atoms with Gasteiger partial charge in [0.05, 0.1) is 6.10 Å². The minimum absolute atomic E-state index is 0.0271. The van der Waals surface area contributed by atoms with Crippen LogP contribution in [0.15, 0.2) is 30.3 Å². The van der Waals surface area contributed by atoms with Gasteiger partial charge >= 0.3 is 0 Å². The number of carbonyl (C=O) groups excluding carboxylic acids is 12. The number of unbranched alkanes of at least 4 members (excludes halogenated alkanes) is 7. The Labute approximate surface area is 551 Å². The molecule has 2 rings (SSSR count). The van der Waals surface area contributed by atoms with Crippen molar-refractivity contribution in [2.75, 3.05) is 45.8 Å². The topological polar surface area (TPSA) is 546 Å². The molecule has 0 aliphatic carbocycles. The number of aliphatic hydroxyl groups excluding tert-OH is 1. The Morgan fingerprint density at radius 2 is 1.02 bits per heavy atom. The summed E-state index contributed by atoms with van der Waals surface area (Å²) in [6.07, 6.45) is 4.85. The molecule has 26 N–H and O–H groups in total. The van der Waals surface area contributed by atoms with Gasteiger partial charge in [-0.3, -0.25) is 57.5 Å². The third-order valence-corrected chi connectivity index (χ3v) is 15.5. The number of hydrogen-bond acceptors (Lipinski definition) is 20. The summed E-state index contributed by atoms with van der Waals surface area (Å²) in [4.78, 5) is 168. The van der Waals surface area contributed by atoms with Crippen molar-refractivity contribution in [3.8, 4) is 0 Å². The first-order chi connectivity index (χ1) is 44.7. The smallest absolute Gasteiger partial charge is 0.272 e. The zero-order chi connectivity index (χ0) is 70.3. The molecule has 32 nitrogen and oxygen atoms in total. The van der Waals surface area contributed by atoms with Crippen LogP contribution in [0.25, 0.3) is 0 Å². The molecule has 12 atom stereocenters. The molecule has 532 valence electrons. The van der Waals surface area contributed by atoms with Crippen LogP contribution in [0, 0.1) is 5.92 Å². The maximum Gasteiger partial charge on any atom is 0.272 e. The molecule has 0 radical (unpaired) electrons. The van der Waals surface area contributed by atoms with Crippen LogP contribution in [-0.2, 0) is 64.0 Å². The number of hydrogen-bond donors (Lipinski definition) is 20. The van der Waals surface area contributed by atoms with E-state index in [1.54, 1.807) is 44.2 Å². The van der Waals surface area contributed by atoms with E-state index in [0.717, 1.165) is 45.4 Å². The first kappa shape index (κ1) is 82.6. The summed E-state index contributed by atoms with van der Waals surface area (Å²) in [5, 5.41) is 52.6. The summed E-state index contributed by atoms with van der Waals surface area (Å²) >= 11 is 0. The fraction of sp³-hybridized carbons (Fsp3) is 0.710. The van der Waals surface area contributed by atoms with E-state index in [1.807, 2.05) is 0 Å². The number of amides is 12. The number of carbonyl (C=O) groups is 12. The molecule has 1 aliphatic heterocycles. The number of aliphatic hydroxyl groups is 2. The van der Waals surface area contributed by atoms with E-state index in [9.17, 15) is 67.7 Å². The lowest BCUT2D eigenvalue weighted by molar-refractivity contribution is -0.148. The van der Waals surface area contributed by atoms with Gasteiger partial charge in [0.1, 0.15) is 60.4 Å². The molecule has 94 heavy (non-hydrogen) atoms. The average Bonchev–Trinajstić information content (AvgIpc) is 0.958. The Morgan fingerprint density at radius 3 is 1.56 bits per heavy atom. The van der Waals surface area contributed by atoms with Gasteiger partial charge < -0.3 is 108 Å². The van der Waals surface area contributed by atoms with Crippen molar-refractivity contribution in [1.82, 2.24) is 63.8 Å². The van der Waals surface area contributed by atoms with Crippen LogP contribution in [0.2, 0.25) is 0 Å². The van der Waals surface area contributed by atoms with Crippen molar-refractivity contribution in [2.45, 2.75) is 229 Å². The summed E-state index contributed by atoms with van der Waals surface area (Å²) in [6, 6.07) is -6.26. The van der Waals surface area contributed by atoms with Crippen molar-refractivity contribution in [3.63, 3.8) is 0 Å². The summed E-state index contributed by atoms with van der Waals surface area (Å²) in [7, 11) is 0. The van der Waals surface area contributed by atoms with Crippen molar-refractivity contribution in [1.29, 1.82) is 0 Å². The molecule has 0 bridgehead atoms. The fourth-order valence-electron chi connectivity index (χ4n) is 10.2. The monoisotopic (exact) mass is 1330 g/mol. The lowest BCUT2D eigenvalue weighted by atomic mass is 10.00. The lowest BCUT2D eigenvalue weighted by Gasteiger charge is -2.29. The second kappa shape index (κ2) is 45.0. The van der Waals surface area contributed by atoms with Gasteiger partial charge in [-0.25, -0.2) is 0 Å². The third kappa shape index (κ3) is 30.7. The Bertz CT molecular complexity index is 2570. The second-order valence-electron chi connectivity index (χ2n) is 24.3. The van der Waals surface area contributed by atoms with Crippen LogP contribution >= 0.6 is 0 Å². The Balaban J connectivity index is 2.62. The SMILES string of the molecule is CCCCCCCCCC(=O)N[C@@H](CCCCN)C(=O)N[C@@H](CCN)C(=O)N[C@H](C(=O)N[C@@H](CCN)C(=O)N[C@H]1CCNC(=O)[C@](C)(O)NC(=O)[C@H](CCN)NC(=O)[C@H](CCN)NC(=O)[C@H](CC(C)C)NC(=O)[C@@H](Cc2ccccc2)NC(=O)[C@H](CCN)NC1=O)[C@@H](C)O. The first-order valence-electron chi connectivity index (χ1n) is 33.0. The highest BCUT2D eigenvalue weighted by Gasteiger charge is 2.39. The first-order valence-corrected chi connectivity index (χ1v) is 33.0. The molecule has 12 amide bonds. The van der Waals surface area contributed by atoms with Gasteiger partial charge in [-0.2, -0.15) is 0 Å². The molecule has 0 aromatic heterocycles. The van der Waals surface area contributed by atoms with Crippen molar-refractivity contribution in [2.24, 2.45) is 40.3 Å². The number of nitrogens with one attached hydrogen (secondary N) is 12. The lowest BCUT2D eigenvalue weighted by Crippen LogP contribution is -2.63. The van der Waals surface area contributed by atoms with Gasteiger partial charge in [0.2, 0.25) is 70.7 Å². The standard InChI is InChI=1S/C62H110N18O14/c1-6-7-8-9-10-11-15-21-49(82)70-40(20-16-17-28-63)51(83)72-44(25-32-67)56(88)79-50(38(4)81)60(92)76-43(24-31-66)53(85)75-46-27-34-69-61(93)62(5,94)80-59(91)45(26-33-68)74-52(84)41(22-29-64)73-57(89)47(35-37(2)3)77-58(90)48(36-39-18-13-12-14-19-39)78-54(86)42(23-30-65)71-55(46)87/h12-14,18-19,37-38,40-48,50,81,94H,6-11,15-17,20-36,63-68H2,1-5H3,(H,69,93)(H,70,82)(H,71,87)(H,72,83)(H,73,89)(H,74,84)(H,75,85)(H,76,92)(H,77,90)(H,78,86)(H,79,88)(H,80,91)/t38-,40+,41+,42+,43+,44+,45+,46+,47+,48-,50+,62+/m1/s1. The van der Waals surface area contributed by atoms with Crippen LogP contribution in [0.3, 0.4) is 0 Å². The zero-order valence-electron chi connectivity index (χ0n) is 55.5. The maximum absolute atomic E-state index is 14.6. The summed E-state index contributed by atoms with van der Waals surface area (Å²) in [5.41, 5.74) is 33.0. The van der Waals surface area contributed by atoms with Crippen LogP contribution in [0.1, 0.15) is 156 Å². The van der Waals surface area contributed by atoms with Gasteiger partial charge in [0, 0.05) is 19.4 Å². The van der Waals surface area contributed by atoms with E-state index < -0.39 is 150 Å². The normalized spacial score (nSPS) is 22.2. The van der Waals surface area contributed by atoms with Gasteiger partial charge in [0.25, 0.3) is 5.91 Å². The molecule has 32 heteroatoms. The summed E-state index contributed by atoms with van der Waals surface area (Å²) in [6.45, 7) is 6.61. The minimum Gasteiger partial charge on any atom is -0.391 e. The highest BCUT2D eigenvalue weighted by atomic mass is 16.3. The molecule has 1 aliphatic rings. The summed E-state index contributed by atoms with van der Waals surface area (Å²) in [5.74, 6) is -11.4. The van der Waals surface area contributed by atoms with E-state index >= 15 is 0 Å². The van der Waals surface area contributed by atoms with E-state index in [2.05, 4.69) is 70.7 Å². The molecule has 1 fully saturated rings. The van der Waals surface area contributed by atoms with E-state index in [-0.39, 0.29) is 102 Å². The van der Waals surface area contributed by atoms with Crippen LogP contribution in [-0.4, -0.2) is 199 Å². The average molecular weight is 1330 g/mol. The van der Waals surface area contributed by atoms with Crippen molar-refractivity contribution in [3.05, 3.63) is 35.9 Å². The second-order valence-corrected chi connectivity index (χ2v) is 24.3. The molecule has 0 unspecified atom stereocenters. The van der Waals surface area contributed by atoms with Gasteiger partial charge in [0.15, 0.2) is 0 Å². The molecular weight excluding hydrogens is 1220 g/mol. The fourth-order valence-corrected chi connectivity index (χ4v) is 10.2. The molecular formula is C62H110N18O14. The van der Waals surface area contributed by atoms with Gasteiger partial charge in [-0.1, -0.05) is 89.6 Å². The molecule has 1 heterocycles. The highest BCUT2D eigenvalue weighted by molar-refractivity contribution is 6.00. The molecule has 0 saturated carbocycles. The van der Waals surface area contributed by atoms with Gasteiger partial charge in [-0.05, 0) is 135 Å². The van der Waals surface area contributed by atoms with Crippen LogP contribution in [0.4, 0.5) is 0 Å². The van der Waals surface area contributed by atoms with E-state index in [4.69, 9.17) is 34.4 Å². The number of rotatable bonds is 36. The third-order valence-electron chi connectivity index (χ3n) is 15.5. The van der Waals surface area contributed by atoms with Crippen molar-refractivity contribution >= 4 is 70.9 Å². The predicted octanol–water partition coefficient (Wildman–Crippen LogP) is -5.14. The van der Waals surface area contributed by atoms with E-state index in [1.165, 1.54) is 6.92 Å². The molecule has 1 saturated heterocycles.